The van der Waals surface area contributed by atoms with Crippen LogP contribution in [0.2, 0.25) is 0 Å². The van der Waals surface area contributed by atoms with Crippen LogP contribution >= 0.6 is 0 Å². The van der Waals surface area contributed by atoms with Crippen molar-refractivity contribution in [2.24, 2.45) is 0 Å². The molecule has 0 amide bonds. The van der Waals surface area contributed by atoms with Gasteiger partial charge in [-0.25, -0.2) is 28.7 Å². The monoisotopic (exact) mass is 448 g/mol. The third-order valence-electron chi connectivity index (χ3n) is 6.30. The quantitative estimate of drug-likeness (QED) is 0.445. The van der Waals surface area contributed by atoms with E-state index in [9.17, 15) is 8.78 Å². The Morgan fingerprint density at radius 3 is 2.76 bits per heavy atom. The number of hydrogen-bond acceptors (Lipinski definition) is 6. The third-order valence-corrected chi connectivity index (χ3v) is 6.30. The van der Waals surface area contributed by atoms with E-state index in [1.807, 2.05) is 17.8 Å². The highest BCUT2D eigenvalue weighted by Gasteiger charge is 2.31. The number of nitrogens with zero attached hydrogens (tertiary/aromatic N) is 6. The van der Waals surface area contributed by atoms with E-state index in [1.165, 1.54) is 25.0 Å². The van der Waals surface area contributed by atoms with Crippen LogP contribution < -0.4 is 0 Å². The molecule has 1 aromatic carbocycles. The van der Waals surface area contributed by atoms with Crippen molar-refractivity contribution in [1.82, 2.24) is 29.7 Å². The zero-order valence-electron chi connectivity index (χ0n) is 18.1. The molecule has 1 aliphatic heterocycles. The van der Waals surface area contributed by atoms with E-state index in [-0.39, 0.29) is 17.6 Å². The lowest BCUT2D eigenvalue weighted by atomic mass is 9.92. The summed E-state index contributed by atoms with van der Waals surface area (Å²) in [6.45, 7) is 2.39. The maximum absolute atomic E-state index is 14.7. The minimum atomic E-state index is -0.694. The van der Waals surface area contributed by atoms with Crippen molar-refractivity contribution >= 4 is 11.2 Å². The van der Waals surface area contributed by atoms with Gasteiger partial charge in [0, 0.05) is 42.1 Å². The van der Waals surface area contributed by atoms with Crippen molar-refractivity contribution in [3.05, 3.63) is 65.5 Å². The Balaban J connectivity index is 1.39. The second-order valence-electron chi connectivity index (χ2n) is 8.80. The number of rotatable bonds is 4. The SMILES string of the molecule is Cc1cnc2c(-c3ccc(F)cc3F)nc([C@@H]3CCO[C@@H](c4cnn(C5CC5)c4)C3)nc2n1. The fourth-order valence-corrected chi connectivity index (χ4v) is 4.38. The molecule has 168 valence electrons. The highest BCUT2D eigenvalue weighted by molar-refractivity contribution is 5.86. The van der Waals surface area contributed by atoms with E-state index in [0.717, 1.165) is 18.1 Å². The topological polar surface area (TPSA) is 78.6 Å². The fourth-order valence-electron chi connectivity index (χ4n) is 4.38. The molecular formula is C24H22F2N6O. The van der Waals surface area contributed by atoms with Crippen LogP contribution in [0.15, 0.2) is 36.8 Å². The molecule has 1 saturated carbocycles. The zero-order chi connectivity index (χ0) is 22.5. The first-order valence-electron chi connectivity index (χ1n) is 11.2. The van der Waals surface area contributed by atoms with Crippen molar-refractivity contribution in [3.63, 3.8) is 0 Å². The van der Waals surface area contributed by atoms with Crippen molar-refractivity contribution in [1.29, 1.82) is 0 Å². The van der Waals surface area contributed by atoms with Gasteiger partial charge in [-0.3, -0.25) is 4.68 Å². The van der Waals surface area contributed by atoms with Crippen LogP contribution in [0.25, 0.3) is 22.4 Å². The second kappa shape index (κ2) is 7.91. The summed E-state index contributed by atoms with van der Waals surface area (Å²) in [5.41, 5.74) is 3.05. The number of aromatic nitrogens is 6. The molecule has 2 fully saturated rings. The lowest BCUT2D eigenvalue weighted by Gasteiger charge is -2.28. The first-order valence-corrected chi connectivity index (χ1v) is 11.2. The molecule has 9 heteroatoms. The van der Waals surface area contributed by atoms with Gasteiger partial charge < -0.3 is 4.74 Å². The summed E-state index contributed by atoms with van der Waals surface area (Å²) in [5.74, 6) is -0.762. The van der Waals surface area contributed by atoms with Gasteiger partial charge in [0.15, 0.2) is 5.65 Å². The molecule has 6 rings (SSSR count). The summed E-state index contributed by atoms with van der Waals surface area (Å²) in [6, 6.07) is 3.97. The number of hydrogen-bond donors (Lipinski definition) is 0. The Kier molecular flexibility index (Phi) is 4.86. The summed E-state index contributed by atoms with van der Waals surface area (Å²) in [4.78, 5) is 18.4. The lowest BCUT2D eigenvalue weighted by molar-refractivity contribution is 0.00396. The van der Waals surface area contributed by atoms with E-state index in [1.54, 1.807) is 6.20 Å². The minimum absolute atomic E-state index is 0.00185. The smallest absolute Gasteiger partial charge is 0.182 e. The standard InChI is InChI=1S/C24H22F2N6O/c1-13-10-27-22-21(18-5-2-16(25)9-19(18)26)30-23(31-24(22)29-13)14-6-7-33-20(8-14)15-11-28-32(12-15)17-3-4-17/h2,5,9-12,14,17,20H,3-4,6-8H2,1H3/t14-,20-/m1/s1. The highest BCUT2D eigenvalue weighted by atomic mass is 19.1. The molecule has 2 aliphatic rings. The molecule has 0 unspecified atom stereocenters. The average molecular weight is 448 g/mol. The molecule has 0 spiro atoms. The minimum Gasteiger partial charge on any atom is -0.373 e. The van der Waals surface area contributed by atoms with Crippen LogP contribution in [0.3, 0.4) is 0 Å². The van der Waals surface area contributed by atoms with Gasteiger partial charge in [-0.1, -0.05) is 0 Å². The molecule has 4 aromatic rings. The van der Waals surface area contributed by atoms with Crippen molar-refractivity contribution in [2.75, 3.05) is 6.61 Å². The van der Waals surface area contributed by atoms with E-state index in [4.69, 9.17) is 14.7 Å². The van der Waals surface area contributed by atoms with Gasteiger partial charge in [0.1, 0.15) is 28.7 Å². The van der Waals surface area contributed by atoms with Gasteiger partial charge in [-0.05, 0) is 44.7 Å². The van der Waals surface area contributed by atoms with Crippen LogP contribution in [-0.4, -0.2) is 36.3 Å². The molecule has 0 radical (unpaired) electrons. The molecule has 1 aliphatic carbocycles. The van der Waals surface area contributed by atoms with E-state index >= 15 is 0 Å². The van der Waals surface area contributed by atoms with Gasteiger partial charge >= 0.3 is 0 Å². The number of ether oxygens (including phenoxy) is 1. The first kappa shape index (κ1) is 20.3. The van der Waals surface area contributed by atoms with E-state index < -0.39 is 11.6 Å². The Morgan fingerprint density at radius 2 is 1.94 bits per heavy atom. The summed E-state index contributed by atoms with van der Waals surface area (Å²) in [5, 5.41) is 4.49. The lowest BCUT2D eigenvalue weighted by Crippen LogP contribution is -2.20. The molecule has 2 atom stereocenters. The molecule has 0 N–H and O–H groups in total. The predicted octanol–water partition coefficient (Wildman–Crippen LogP) is 4.84. The average Bonchev–Trinajstić information content (AvgIpc) is 3.54. The Labute approximate surface area is 188 Å². The first-order chi connectivity index (χ1) is 16.0. The number of benzene rings is 1. The predicted molar refractivity (Wildman–Crippen MR) is 116 cm³/mol. The molecule has 1 saturated heterocycles. The van der Waals surface area contributed by atoms with Crippen LogP contribution in [0.5, 0.6) is 0 Å². The molecular weight excluding hydrogens is 426 g/mol. The molecule has 4 heterocycles. The second-order valence-corrected chi connectivity index (χ2v) is 8.80. The maximum Gasteiger partial charge on any atom is 0.182 e. The van der Waals surface area contributed by atoms with Crippen molar-refractivity contribution in [3.8, 4) is 11.3 Å². The number of aryl methyl sites for hydroxylation is 1. The number of fused-ring (bicyclic) bond motifs is 1. The Hall–Kier alpha value is -3.33. The summed E-state index contributed by atoms with van der Waals surface area (Å²) < 4.78 is 36.3. The fraction of sp³-hybridized carbons (Fsp3) is 0.375. The maximum atomic E-state index is 14.7. The molecule has 7 nitrogen and oxygen atoms in total. The Morgan fingerprint density at radius 1 is 1.06 bits per heavy atom. The largest absolute Gasteiger partial charge is 0.373 e. The Bertz CT molecular complexity index is 1350. The van der Waals surface area contributed by atoms with Crippen molar-refractivity contribution in [2.45, 2.75) is 50.7 Å². The van der Waals surface area contributed by atoms with Crippen LogP contribution in [0.1, 0.15) is 60.8 Å². The van der Waals surface area contributed by atoms with Crippen LogP contribution in [0, 0.1) is 18.6 Å². The summed E-state index contributed by atoms with van der Waals surface area (Å²) >= 11 is 0. The van der Waals surface area contributed by atoms with Gasteiger partial charge in [0.2, 0.25) is 0 Å². The summed E-state index contributed by atoms with van der Waals surface area (Å²) in [7, 11) is 0. The van der Waals surface area contributed by atoms with E-state index in [2.05, 4.69) is 21.3 Å². The number of halogens is 2. The van der Waals surface area contributed by atoms with Crippen LogP contribution in [-0.2, 0) is 4.74 Å². The highest BCUT2D eigenvalue weighted by Crippen LogP contribution is 2.39. The zero-order valence-corrected chi connectivity index (χ0v) is 18.1. The molecule has 33 heavy (non-hydrogen) atoms. The van der Waals surface area contributed by atoms with Gasteiger partial charge in [-0.2, -0.15) is 5.10 Å². The van der Waals surface area contributed by atoms with Gasteiger partial charge in [-0.15, -0.1) is 0 Å². The van der Waals surface area contributed by atoms with Gasteiger partial charge in [0.25, 0.3) is 0 Å². The normalized spacial score (nSPS) is 20.9. The van der Waals surface area contributed by atoms with Crippen LogP contribution in [0.4, 0.5) is 8.78 Å². The van der Waals surface area contributed by atoms with Gasteiger partial charge in [0.05, 0.1) is 24.0 Å². The summed E-state index contributed by atoms with van der Waals surface area (Å²) in [6.07, 6.45) is 9.20. The third kappa shape index (κ3) is 3.86. The van der Waals surface area contributed by atoms with Crippen molar-refractivity contribution < 1.29 is 13.5 Å². The molecule has 3 aromatic heterocycles. The molecule has 0 bridgehead atoms. The van der Waals surface area contributed by atoms with E-state index in [0.29, 0.717) is 47.4 Å².